The van der Waals surface area contributed by atoms with Gasteiger partial charge in [-0.15, -0.1) is 0 Å². The summed E-state index contributed by atoms with van der Waals surface area (Å²) in [6.07, 6.45) is 1.48. The van der Waals surface area contributed by atoms with Crippen molar-refractivity contribution < 1.29 is 14.4 Å². The molecule has 1 aliphatic heterocycles. The Morgan fingerprint density at radius 3 is 2.31 bits per heavy atom. The Kier molecular flexibility index (Phi) is 5.99. The fraction of sp³-hybridized carbons (Fsp3) is 0.0870. The number of carbonyl (C=O) groups is 3. The van der Waals surface area contributed by atoms with Crippen molar-refractivity contribution in [1.29, 1.82) is 0 Å². The number of rotatable bonds is 3. The molecule has 6 nitrogen and oxygen atoms in total. The Morgan fingerprint density at radius 2 is 1.66 bits per heavy atom. The summed E-state index contributed by atoms with van der Waals surface area (Å²) in [5.74, 6) is -1.54. The van der Waals surface area contributed by atoms with Crippen LogP contribution in [0.25, 0.3) is 11.8 Å². The first-order chi connectivity index (χ1) is 15.2. The van der Waals surface area contributed by atoms with Crippen molar-refractivity contribution in [1.82, 2.24) is 9.88 Å². The van der Waals surface area contributed by atoms with Crippen LogP contribution in [0.1, 0.15) is 17.0 Å². The smallest absolute Gasteiger partial charge is 0.318 e. The number of benzene rings is 2. The van der Waals surface area contributed by atoms with Crippen LogP contribution >= 0.6 is 39.1 Å². The van der Waals surface area contributed by atoms with Gasteiger partial charge in [-0.1, -0.05) is 39.1 Å². The Morgan fingerprint density at radius 1 is 0.969 bits per heavy atom. The molecule has 32 heavy (non-hydrogen) atoms. The van der Waals surface area contributed by atoms with Gasteiger partial charge in [-0.3, -0.25) is 14.9 Å². The number of barbiturate groups is 1. The molecule has 0 radical (unpaired) electrons. The molecule has 0 atom stereocenters. The highest BCUT2D eigenvalue weighted by atomic mass is 79.9. The van der Waals surface area contributed by atoms with Crippen LogP contribution in [-0.2, 0) is 9.59 Å². The SMILES string of the molecule is Cc1cc(/C=C2\C(=O)NC(=O)N(c3ccc(Cl)cc3Cl)C2=O)c(C)n1-c1ccc(Br)cc1. The van der Waals surface area contributed by atoms with Crippen molar-refractivity contribution >= 4 is 68.7 Å². The van der Waals surface area contributed by atoms with Crippen LogP contribution in [0.5, 0.6) is 0 Å². The molecule has 0 saturated carbocycles. The Balaban J connectivity index is 1.77. The molecular weight excluding hydrogens is 517 g/mol. The number of aromatic nitrogens is 1. The summed E-state index contributed by atoms with van der Waals surface area (Å²) in [4.78, 5) is 39.0. The van der Waals surface area contributed by atoms with Crippen LogP contribution in [0.2, 0.25) is 10.0 Å². The highest BCUT2D eigenvalue weighted by Crippen LogP contribution is 2.32. The minimum atomic E-state index is -0.873. The molecule has 0 aliphatic carbocycles. The lowest BCUT2D eigenvalue weighted by Crippen LogP contribution is -2.54. The largest absolute Gasteiger partial charge is 0.335 e. The lowest BCUT2D eigenvalue weighted by atomic mass is 10.1. The van der Waals surface area contributed by atoms with Gasteiger partial charge in [0.25, 0.3) is 11.8 Å². The van der Waals surface area contributed by atoms with E-state index in [1.165, 1.54) is 24.3 Å². The average molecular weight is 533 g/mol. The van der Waals surface area contributed by atoms with E-state index in [1.54, 1.807) is 0 Å². The number of anilines is 1. The number of urea groups is 1. The number of hydrogen-bond acceptors (Lipinski definition) is 3. The van der Waals surface area contributed by atoms with Crippen molar-refractivity contribution in [2.75, 3.05) is 4.90 Å². The molecular formula is C23H16BrCl2N3O3. The molecule has 162 valence electrons. The summed E-state index contributed by atoms with van der Waals surface area (Å²) in [6, 6.07) is 13.2. The topological polar surface area (TPSA) is 71.4 Å². The zero-order valence-electron chi connectivity index (χ0n) is 16.9. The molecule has 1 saturated heterocycles. The van der Waals surface area contributed by atoms with Crippen molar-refractivity contribution in [2.45, 2.75) is 13.8 Å². The normalized spacial score (nSPS) is 15.5. The van der Waals surface area contributed by atoms with Crippen molar-refractivity contribution in [3.05, 3.63) is 85.6 Å². The van der Waals surface area contributed by atoms with E-state index in [0.29, 0.717) is 10.6 Å². The monoisotopic (exact) mass is 531 g/mol. The number of nitrogens with one attached hydrogen (secondary N) is 1. The van der Waals surface area contributed by atoms with Gasteiger partial charge in [0.2, 0.25) is 0 Å². The minimum absolute atomic E-state index is 0.114. The third-order valence-corrected chi connectivity index (χ3v) is 6.17. The number of carbonyl (C=O) groups excluding carboxylic acids is 3. The maximum atomic E-state index is 13.2. The second-order valence-electron chi connectivity index (χ2n) is 7.19. The maximum absolute atomic E-state index is 13.2. The molecule has 1 aromatic heterocycles. The fourth-order valence-corrected chi connectivity index (χ4v) is 4.37. The Hall–Kier alpha value is -2.87. The fourth-order valence-electron chi connectivity index (χ4n) is 3.62. The quantitative estimate of drug-likeness (QED) is 0.341. The number of amides is 4. The number of aryl methyl sites for hydroxylation is 1. The third-order valence-electron chi connectivity index (χ3n) is 5.11. The Bertz CT molecular complexity index is 1310. The first kappa shape index (κ1) is 22.3. The zero-order chi connectivity index (χ0) is 23.2. The van der Waals surface area contributed by atoms with E-state index < -0.39 is 17.8 Å². The number of halogens is 3. The van der Waals surface area contributed by atoms with Gasteiger partial charge in [0.15, 0.2) is 0 Å². The van der Waals surface area contributed by atoms with E-state index in [0.717, 1.165) is 26.4 Å². The number of imide groups is 2. The number of hydrogen-bond donors (Lipinski definition) is 1. The molecule has 1 N–H and O–H groups in total. The van der Waals surface area contributed by atoms with Crippen LogP contribution in [0.3, 0.4) is 0 Å². The Labute approximate surface area is 202 Å². The van der Waals surface area contributed by atoms with E-state index in [-0.39, 0.29) is 16.3 Å². The van der Waals surface area contributed by atoms with Crippen LogP contribution < -0.4 is 10.2 Å². The molecule has 0 unspecified atom stereocenters. The van der Waals surface area contributed by atoms with Gasteiger partial charge >= 0.3 is 6.03 Å². The van der Waals surface area contributed by atoms with Crippen LogP contribution in [0.15, 0.2) is 58.6 Å². The molecule has 9 heteroatoms. The van der Waals surface area contributed by atoms with Crippen LogP contribution in [0.4, 0.5) is 10.5 Å². The molecule has 4 amide bonds. The van der Waals surface area contributed by atoms with E-state index in [9.17, 15) is 14.4 Å². The number of nitrogens with zero attached hydrogens (tertiary/aromatic N) is 2. The van der Waals surface area contributed by atoms with Gasteiger partial charge in [-0.05, 0) is 74.0 Å². The van der Waals surface area contributed by atoms with Gasteiger partial charge in [-0.2, -0.15) is 0 Å². The van der Waals surface area contributed by atoms with Gasteiger partial charge in [0, 0.05) is 26.6 Å². The summed E-state index contributed by atoms with van der Waals surface area (Å²) < 4.78 is 2.98. The van der Waals surface area contributed by atoms with Gasteiger partial charge in [0.1, 0.15) is 5.57 Å². The molecule has 0 spiro atoms. The predicted octanol–water partition coefficient (Wildman–Crippen LogP) is 5.83. The molecule has 0 bridgehead atoms. The summed E-state index contributed by atoms with van der Waals surface area (Å²) in [6.45, 7) is 3.83. The summed E-state index contributed by atoms with van der Waals surface area (Å²) >= 11 is 15.5. The lowest BCUT2D eigenvalue weighted by molar-refractivity contribution is -0.122. The second kappa shape index (κ2) is 8.58. The third kappa shape index (κ3) is 3.99. The molecule has 4 rings (SSSR count). The molecule has 1 fully saturated rings. The summed E-state index contributed by atoms with van der Waals surface area (Å²) in [7, 11) is 0. The highest BCUT2D eigenvalue weighted by Gasteiger charge is 2.38. The van der Waals surface area contributed by atoms with Crippen molar-refractivity contribution in [2.24, 2.45) is 0 Å². The first-order valence-electron chi connectivity index (χ1n) is 9.49. The lowest BCUT2D eigenvalue weighted by Gasteiger charge is -2.27. The van der Waals surface area contributed by atoms with E-state index in [1.807, 2.05) is 48.7 Å². The maximum Gasteiger partial charge on any atom is 0.335 e. The van der Waals surface area contributed by atoms with Crippen LogP contribution in [-0.4, -0.2) is 22.4 Å². The molecule has 3 aromatic rings. The molecule has 2 aromatic carbocycles. The highest BCUT2D eigenvalue weighted by molar-refractivity contribution is 9.10. The van der Waals surface area contributed by atoms with E-state index >= 15 is 0 Å². The standard InChI is InChI=1S/C23H16BrCl2N3O3/c1-12-9-14(13(2)28(12)17-6-3-15(24)4-7-17)10-18-21(30)27-23(32)29(22(18)31)20-8-5-16(25)11-19(20)26/h3-11H,1-2H3,(H,27,30,32)/b18-10+. The first-order valence-corrected chi connectivity index (χ1v) is 11.0. The van der Waals surface area contributed by atoms with Crippen molar-refractivity contribution in [3.63, 3.8) is 0 Å². The van der Waals surface area contributed by atoms with Crippen LogP contribution in [0, 0.1) is 13.8 Å². The summed E-state index contributed by atoms with van der Waals surface area (Å²) in [5, 5.41) is 2.68. The van der Waals surface area contributed by atoms with Crippen molar-refractivity contribution in [3.8, 4) is 5.69 Å². The van der Waals surface area contributed by atoms with Gasteiger partial charge in [-0.25, -0.2) is 9.69 Å². The van der Waals surface area contributed by atoms with E-state index in [4.69, 9.17) is 23.2 Å². The average Bonchev–Trinajstić information content (AvgIpc) is 3.00. The molecule has 2 heterocycles. The second-order valence-corrected chi connectivity index (χ2v) is 8.95. The van der Waals surface area contributed by atoms with E-state index in [2.05, 4.69) is 21.2 Å². The summed E-state index contributed by atoms with van der Waals surface area (Å²) in [5.41, 5.74) is 3.35. The molecule has 1 aliphatic rings. The minimum Gasteiger partial charge on any atom is -0.318 e. The van der Waals surface area contributed by atoms with Gasteiger partial charge in [0.05, 0.1) is 10.7 Å². The van der Waals surface area contributed by atoms with Gasteiger partial charge < -0.3 is 4.57 Å². The zero-order valence-corrected chi connectivity index (χ0v) is 20.0. The predicted molar refractivity (Wildman–Crippen MR) is 128 cm³/mol.